The van der Waals surface area contributed by atoms with Gasteiger partial charge < -0.3 is 10.6 Å². The smallest absolute Gasteiger partial charge is 0.228 e. The van der Waals surface area contributed by atoms with Gasteiger partial charge in [0.2, 0.25) is 5.91 Å². The van der Waals surface area contributed by atoms with E-state index >= 15 is 0 Å². The summed E-state index contributed by atoms with van der Waals surface area (Å²) in [7, 11) is 0. The van der Waals surface area contributed by atoms with Gasteiger partial charge in [-0.3, -0.25) is 4.79 Å². The predicted octanol–water partition coefficient (Wildman–Crippen LogP) is 1.93. The van der Waals surface area contributed by atoms with Crippen LogP contribution in [0, 0.1) is 12.8 Å². The van der Waals surface area contributed by atoms with E-state index in [1.54, 1.807) is 0 Å². The van der Waals surface area contributed by atoms with E-state index < -0.39 is 0 Å². The third kappa shape index (κ3) is 2.61. The molecule has 0 bridgehead atoms. The third-order valence-electron chi connectivity index (χ3n) is 3.07. The number of aryl methyl sites for hydroxylation is 1. The lowest BCUT2D eigenvalue weighted by Gasteiger charge is -2.22. The summed E-state index contributed by atoms with van der Waals surface area (Å²) in [4.78, 5) is 12.0. The van der Waals surface area contributed by atoms with Crippen molar-refractivity contribution in [3.8, 4) is 0 Å². The van der Waals surface area contributed by atoms with Gasteiger partial charge in [-0.15, -0.1) is 0 Å². The van der Waals surface area contributed by atoms with Crippen LogP contribution < -0.4 is 10.6 Å². The molecule has 1 heterocycles. The van der Waals surface area contributed by atoms with E-state index in [0.29, 0.717) is 0 Å². The first-order chi connectivity index (χ1) is 7.77. The number of benzene rings is 1. The van der Waals surface area contributed by atoms with E-state index in [0.717, 1.165) is 37.2 Å². The number of hydrogen-bond donors (Lipinski definition) is 2. The van der Waals surface area contributed by atoms with Crippen LogP contribution in [0.5, 0.6) is 0 Å². The lowest BCUT2D eigenvalue weighted by Crippen LogP contribution is -2.37. The minimum atomic E-state index is 0.119. The summed E-state index contributed by atoms with van der Waals surface area (Å²) in [6, 6.07) is 7.88. The zero-order valence-corrected chi connectivity index (χ0v) is 9.62. The molecule has 1 atom stereocenters. The lowest BCUT2D eigenvalue weighted by molar-refractivity contribution is -0.120. The topological polar surface area (TPSA) is 41.1 Å². The van der Waals surface area contributed by atoms with Crippen molar-refractivity contribution >= 4 is 11.6 Å². The molecule has 1 aliphatic rings. The van der Waals surface area contributed by atoms with Gasteiger partial charge >= 0.3 is 0 Å². The van der Waals surface area contributed by atoms with E-state index in [1.165, 1.54) is 0 Å². The molecule has 1 aromatic rings. The molecular formula is C13H18N2O. The van der Waals surface area contributed by atoms with E-state index in [4.69, 9.17) is 0 Å². The van der Waals surface area contributed by atoms with Crippen LogP contribution >= 0.6 is 0 Å². The number of nitrogens with one attached hydrogen (secondary N) is 2. The first kappa shape index (κ1) is 11.1. The summed E-state index contributed by atoms with van der Waals surface area (Å²) in [6.07, 6.45) is 2.08. The van der Waals surface area contributed by atoms with Crippen molar-refractivity contribution in [1.82, 2.24) is 5.32 Å². The fraction of sp³-hybridized carbons (Fsp3) is 0.462. The van der Waals surface area contributed by atoms with Gasteiger partial charge in [0.1, 0.15) is 0 Å². The van der Waals surface area contributed by atoms with Crippen molar-refractivity contribution in [1.29, 1.82) is 0 Å². The fourth-order valence-electron chi connectivity index (χ4n) is 2.02. The van der Waals surface area contributed by atoms with Gasteiger partial charge in [0, 0.05) is 12.2 Å². The average molecular weight is 218 g/mol. The van der Waals surface area contributed by atoms with Gasteiger partial charge in [-0.2, -0.15) is 0 Å². The Morgan fingerprint density at radius 3 is 2.94 bits per heavy atom. The summed E-state index contributed by atoms with van der Waals surface area (Å²) in [5, 5.41) is 6.26. The normalized spacial score (nSPS) is 20.4. The van der Waals surface area contributed by atoms with Crippen LogP contribution in [0.1, 0.15) is 18.4 Å². The molecule has 0 saturated carbocycles. The highest BCUT2D eigenvalue weighted by atomic mass is 16.1. The summed E-state index contributed by atoms with van der Waals surface area (Å²) in [5.74, 6) is 0.259. The second-order valence-corrected chi connectivity index (χ2v) is 4.35. The highest BCUT2D eigenvalue weighted by molar-refractivity contribution is 5.93. The Balaban J connectivity index is 1.99. The van der Waals surface area contributed by atoms with Gasteiger partial charge in [0.25, 0.3) is 0 Å². The number of hydrogen-bond acceptors (Lipinski definition) is 2. The lowest BCUT2D eigenvalue weighted by atomic mass is 9.98. The summed E-state index contributed by atoms with van der Waals surface area (Å²) < 4.78 is 0. The molecule has 0 spiro atoms. The molecule has 0 aliphatic carbocycles. The van der Waals surface area contributed by atoms with Crippen LogP contribution in [0.4, 0.5) is 5.69 Å². The molecule has 1 aromatic carbocycles. The molecule has 1 amide bonds. The minimum Gasteiger partial charge on any atom is -0.326 e. The Hall–Kier alpha value is -1.35. The number of carbonyl (C=O) groups excluding carboxylic acids is 1. The van der Waals surface area contributed by atoms with Crippen molar-refractivity contribution in [3.63, 3.8) is 0 Å². The van der Waals surface area contributed by atoms with Crippen molar-refractivity contribution in [2.45, 2.75) is 19.8 Å². The minimum absolute atomic E-state index is 0.119. The molecule has 0 unspecified atom stereocenters. The molecule has 3 heteroatoms. The van der Waals surface area contributed by atoms with Crippen LogP contribution in [0.15, 0.2) is 24.3 Å². The monoisotopic (exact) mass is 218 g/mol. The van der Waals surface area contributed by atoms with Crippen LogP contribution in [0.2, 0.25) is 0 Å². The zero-order valence-electron chi connectivity index (χ0n) is 9.62. The van der Waals surface area contributed by atoms with E-state index in [-0.39, 0.29) is 11.8 Å². The van der Waals surface area contributed by atoms with Crippen LogP contribution in [0.25, 0.3) is 0 Å². The first-order valence-corrected chi connectivity index (χ1v) is 5.84. The summed E-state index contributed by atoms with van der Waals surface area (Å²) in [6.45, 7) is 3.85. The Morgan fingerprint density at radius 1 is 1.44 bits per heavy atom. The molecule has 0 radical (unpaired) electrons. The number of anilines is 1. The Morgan fingerprint density at radius 2 is 2.25 bits per heavy atom. The largest absolute Gasteiger partial charge is 0.326 e. The molecule has 0 aromatic heterocycles. The van der Waals surface area contributed by atoms with Crippen LogP contribution in [-0.4, -0.2) is 19.0 Å². The average Bonchev–Trinajstić information content (AvgIpc) is 2.33. The number of carbonyl (C=O) groups is 1. The van der Waals surface area contributed by atoms with Crippen LogP contribution in [0.3, 0.4) is 0 Å². The van der Waals surface area contributed by atoms with Crippen molar-refractivity contribution in [2.24, 2.45) is 5.92 Å². The summed E-state index contributed by atoms with van der Waals surface area (Å²) >= 11 is 0. The molecule has 1 fully saturated rings. The standard InChI is InChI=1S/C13H18N2O/c1-10-5-2-3-7-12(10)15-13(16)11-6-4-8-14-9-11/h2-3,5,7,11,14H,4,6,8-9H2,1H3,(H,15,16)/t11-/m1/s1. The number of para-hydroxylation sites is 1. The molecule has 3 nitrogen and oxygen atoms in total. The molecule has 1 saturated heterocycles. The second-order valence-electron chi connectivity index (χ2n) is 4.35. The van der Waals surface area contributed by atoms with Crippen molar-refractivity contribution in [2.75, 3.05) is 18.4 Å². The van der Waals surface area contributed by atoms with Gasteiger partial charge in [-0.1, -0.05) is 18.2 Å². The molecular weight excluding hydrogens is 200 g/mol. The van der Waals surface area contributed by atoms with E-state index in [1.807, 2.05) is 31.2 Å². The Kier molecular flexibility index (Phi) is 3.57. The van der Waals surface area contributed by atoms with Crippen molar-refractivity contribution < 1.29 is 4.79 Å². The Bertz CT molecular complexity index is 370. The molecule has 2 rings (SSSR count). The molecule has 2 N–H and O–H groups in total. The quantitative estimate of drug-likeness (QED) is 0.796. The van der Waals surface area contributed by atoms with Gasteiger partial charge in [-0.25, -0.2) is 0 Å². The highest BCUT2D eigenvalue weighted by Gasteiger charge is 2.20. The number of amides is 1. The SMILES string of the molecule is Cc1ccccc1NC(=O)[C@@H]1CCCNC1. The molecule has 1 aliphatic heterocycles. The highest BCUT2D eigenvalue weighted by Crippen LogP contribution is 2.17. The second kappa shape index (κ2) is 5.12. The van der Waals surface area contributed by atoms with Crippen LogP contribution in [-0.2, 0) is 4.79 Å². The Labute approximate surface area is 96.2 Å². The molecule has 86 valence electrons. The zero-order chi connectivity index (χ0) is 11.4. The van der Waals surface area contributed by atoms with Crippen molar-refractivity contribution in [3.05, 3.63) is 29.8 Å². The maximum atomic E-state index is 12.0. The van der Waals surface area contributed by atoms with Gasteiger partial charge in [0.05, 0.1) is 5.92 Å². The van der Waals surface area contributed by atoms with Gasteiger partial charge in [0.15, 0.2) is 0 Å². The maximum Gasteiger partial charge on any atom is 0.228 e. The van der Waals surface area contributed by atoms with E-state index in [2.05, 4.69) is 10.6 Å². The number of piperidine rings is 1. The number of rotatable bonds is 2. The summed E-state index contributed by atoms with van der Waals surface area (Å²) in [5.41, 5.74) is 2.04. The first-order valence-electron chi connectivity index (χ1n) is 5.84. The van der Waals surface area contributed by atoms with E-state index in [9.17, 15) is 4.79 Å². The predicted molar refractivity (Wildman–Crippen MR) is 65.4 cm³/mol. The maximum absolute atomic E-state index is 12.0. The third-order valence-corrected chi connectivity index (χ3v) is 3.07. The van der Waals surface area contributed by atoms with Gasteiger partial charge in [-0.05, 0) is 37.9 Å². The fourth-order valence-corrected chi connectivity index (χ4v) is 2.02. The molecule has 16 heavy (non-hydrogen) atoms.